The number of primary amides is 1. The molecule has 10 heteroatoms. The number of nitrogens with zero attached hydrogens (tertiary/aromatic N) is 1. The third-order valence-corrected chi connectivity index (χ3v) is 6.59. The molecule has 42 heavy (non-hydrogen) atoms. The predicted molar refractivity (Wildman–Crippen MR) is 163 cm³/mol. The van der Waals surface area contributed by atoms with Crippen molar-refractivity contribution in [1.29, 1.82) is 0 Å². The molecular weight excluding hydrogens is 536 g/mol. The highest BCUT2D eigenvalue weighted by molar-refractivity contribution is 5.99. The van der Waals surface area contributed by atoms with E-state index in [1.54, 1.807) is 52.1 Å². The number of anilines is 1. The van der Waals surface area contributed by atoms with Crippen molar-refractivity contribution in [2.75, 3.05) is 19.0 Å². The quantitative estimate of drug-likeness (QED) is 0.263. The van der Waals surface area contributed by atoms with Crippen molar-refractivity contribution in [3.05, 3.63) is 59.2 Å². The van der Waals surface area contributed by atoms with Crippen LogP contribution in [0.2, 0.25) is 0 Å². The van der Waals surface area contributed by atoms with Gasteiger partial charge >= 0.3 is 6.09 Å². The lowest BCUT2D eigenvalue weighted by atomic mass is 9.95. The Morgan fingerprint density at radius 2 is 1.67 bits per heavy atom. The minimum Gasteiger partial charge on any atom is -0.497 e. The number of amides is 4. The Morgan fingerprint density at radius 3 is 2.21 bits per heavy atom. The molecule has 2 aromatic carbocycles. The van der Waals surface area contributed by atoms with E-state index in [1.165, 1.54) is 4.90 Å². The first-order chi connectivity index (χ1) is 19.7. The largest absolute Gasteiger partial charge is 0.497 e. The van der Waals surface area contributed by atoms with Gasteiger partial charge in [-0.05, 0) is 82.9 Å². The van der Waals surface area contributed by atoms with E-state index >= 15 is 0 Å². The fraction of sp³-hybridized carbons (Fsp3) is 0.500. The zero-order chi connectivity index (χ0) is 31.4. The summed E-state index contributed by atoms with van der Waals surface area (Å²) in [6.07, 6.45) is 1.38. The van der Waals surface area contributed by atoms with E-state index in [0.717, 1.165) is 24.0 Å². The van der Waals surface area contributed by atoms with E-state index in [4.69, 9.17) is 15.2 Å². The molecule has 0 bridgehead atoms. The molecule has 0 saturated heterocycles. The average molecular weight is 583 g/mol. The average Bonchev–Trinajstić information content (AvgIpc) is 2.90. The smallest absolute Gasteiger partial charge is 0.408 e. The van der Waals surface area contributed by atoms with Gasteiger partial charge in [0.1, 0.15) is 23.4 Å². The second-order valence-electron chi connectivity index (χ2n) is 11.4. The zero-order valence-corrected chi connectivity index (χ0v) is 25.9. The molecule has 0 aliphatic carbocycles. The van der Waals surface area contributed by atoms with E-state index in [-0.39, 0.29) is 19.4 Å². The summed E-state index contributed by atoms with van der Waals surface area (Å²) in [5.41, 5.74) is 7.65. The molecule has 2 aromatic rings. The second kappa shape index (κ2) is 15.8. The third-order valence-electron chi connectivity index (χ3n) is 6.59. The van der Waals surface area contributed by atoms with E-state index in [0.29, 0.717) is 23.4 Å². The van der Waals surface area contributed by atoms with E-state index in [1.807, 2.05) is 39.0 Å². The zero-order valence-electron chi connectivity index (χ0n) is 25.9. The summed E-state index contributed by atoms with van der Waals surface area (Å²) in [5, 5.41) is 5.57. The maximum absolute atomic E-state index is 14.3. The van der Waals surface area contributed by atoms with E-state index < -0.39 is 41.5 Å². The lowest BCUT2D eigenvalue weighted by Gasteiger charge is -2.35. The maximum Gasteiger partial charge on any atom is 0.408 e. The number of hydrogen-bond acceptors (Lipinski definition) is 6. The number of methoxy groups -OCH3 is 1. The number of hydrogen-bond donors (Lipinski definition) is 3. The summed E-state index contributed by atoms with van der Waals surface area (Å²) >= 11 is 0. The van der Waals surface area contributed by atoms with Crippen LogP contribution in [0.3, 0.4) is 0 Å². The topological polar surface area (TPSA) is 140 Å². The molecule has 2 unspecified atom stereocenters. The van der Waals surface area contributed by atoms with Gasteiger partial charge in [-0.3, -0.25) is 14.4 Å². The van der Waals surface area contributed by atoms with Gasteiger partial charge in [0.05, 0.1) is 7.11 Å². The molecule has 2 atom stereocenters. The Bertz CT molecular complexity index is 1220. The Balaban J connectivity index is 2.58. The summed E-state index contributed by atoms with van der Waals surface area (Å²) in [6.45, 7) is 11.3. The highest BCUT2D eigenvalue weighted by Crippen LogP contribution is 2.29. The third kappa shape index (κ3) is 10.7. The van der Waals surface area contributed by atoms with Crippen LogP contribution < -0.4 is 21.1 Å². The normalized spacial score (nSPS) is 12.5. The van der Waals surface area contributed by atoms with Gasteiger partial charge in [0.2, 0.25) is 11.8 Å². The predicted octanol–water partition coefficient (Wildman–Crippen LogP) is 5.17. The van der Waals surface area contributed by atoms with Crippen molar-refractivity contribution in [3.8, 4) is 5.75 Å². The molecule has 10 nitrogen and oxygen atoms in total. The van der Waals surface area contributed by atoms with Crippen LogP contribution in [0.25, 0.3) is 0 Å². The summed E-state index contributed by atoms with van der Waals surface area (Å²) in [6, 6.07) is 10.5. The Hall–Kier alpha value is -4.08. The Morgan fingerprint density at radius 1 is 1.00 bits per heavy atom. The molecule has 0 aliphatic heterocycles. The molecular formula is C32H46N4O6. The van der Waals surface area contributed by atoms with Gasteiger partial charge in [-0.25, -0.2) is 4.79 Å². The van der Waals surface area contributed by atoms with Crippen LogP contribution in [0, 0.1) is 13.8 Å². The molecule has 0 aromatic heterocycles. The fourth-order valence-corrected chi connectivity index (χ4v) is 4.56. The van der Waals surface area contributed by atoms with Crippen molar-refractivity contribution in [3.63, 3.8) is 0 Å². The highest BCUT2D eigenvalue weighted by Gasteiger charge is 2.37. The standard InChI is InChI=1S/C32H46N4O6/c1-8-9-10-19-36(30(39)26(17-18-27(33)37)35-31(40)42-32(4,5)6)28(25-16-11-21(2)20-22(25)3)29(38)34-23-12-14-24(41-7)15-13-23/h11-16,20,26,28H,8-10,17-19H2,1-7H3,(H2,33,37)(H,34,38)(H,35,40). The summed E-state index contributed by atoms with van der Waals surface area (Å²) in [7, 11) is 1.56. The Labute approximate surface area is 249 Å². The van der Waals surface area contributed by atoms with Gasteiger partial charge in [-0.15, -0.1) is 0 Å². The molecule has 0 aliphatic rings. The van der Waals surface area contributed by atoms with Crippen molar-refractivity contribution < 1.29 is 28.7 Å². The molecule has 0 saturated carbocycles. The second-order valence-corrected chi connectivity index (χ2v) is 11.4. The van der Waals surface area contributed by atoms with Crippen molar-refractivity contribution in [2.45, 2.75) is 91.3 Å². The number of nitrogens with two attached hydrogens (primary N) is 1. The first kappa shape index (κ1) is 34.1. The SMILES string of the molecule is CCCCCN(C(=O)C(CCC(N)=O)NC(=O)OC(C)(C)C)C(C(=O)Nc1ccc(OC)cc1)c1ccc(C)cc1C. The van der Waals surface area contributed by atoms with Crippen LogP contribution in [-0.4, -0.2) is 54.0 Å². The molecule has 4 amide bonds. The van der Waals surface area contributed by atoms with Gasteiger partial charge in [-0.1, -0.05) is 43.5 Å². The Kier molecular flexibility index (Phi) is 12.8. The van der Waals surface area contributed by atoms with Crippen molar-refractivity contribution in [1.82, 2.24) is 10.2 Å². The van der Waals surface area contributed by atoms with Crippen LogP contribution in [-0.2, 0) is 19.1 Å². The molecule has 4 N–H and O–H groups in total. The van der Waals surface area contributed by atoms with Gasteiger partial charge in [0.15, 0.2) is 0 Å². The lowest BCUT2D eigenvalue weighted by Crippen LogP contribution is -2.53. The van der Waals surface area contributed by atoms with Gasteiger partial charge in [0, 0.05) is 18.7 Å². The minimum atomic E-state index is -1.14. The fourth-order valence-electron chi connectivity index (χ4n) is 4.56. The van der Waals surface area contributed by atoms with Crippen LogP contribution in [0.4, 0.5) is 10.5 Å². The maximum atomic E-state index is 14.3. The molecule has 0 heterocycles. The van der Waals surface area contributed by atoms with Crippen LogP contribution in [0.5, 0.6) is 5.75 Å². The minimum absolute atomic E-state index is 0.0443. The van der Waals surface area contributed by atoms with Crippen LogP contribution in [0.15, 0.2) is 42.5 Å². The summed E-state index contributed by atoms with van der Waals surface area (Å²) < 4.78 is 10.6. The monoisotopic (exact) mass is 582 g/mol. The first-order valence-corrected chi connectivity index (χ1v) is 14.4. The first-order valence-electron chi connectivity index (χ1n) is 14.4. The highest BCUT2D eigenvalue weighted by atomic mass is 16.6. The number of aryl methyl sites for hydroxylation is 2. The molecule has 0 spiro atoms. The molecule has 0 fully saturated rings. The van der Waals surface area contributed by atoms with Gasteiger partial charge in [-0.2, -0.15) is 0 Å². The van der Waals surface area contributed by atoms with E-state index in [2.05, 4.69) is 10.6 Å². The van der Waals surface area contributed by atoms with Gasteiger partial charge in [0.25, 0.3) is 5.91 Å². The van der Waals surface area contributed by atoms with Crippen LogP contribution in [0.1, 0.15) is 82.5 Å². The number of alkyl carbamates (subject to hydrolysis) is 1. The van der Waals surface area contributed by atoms with E-state index in [9.17, 15) is 19.2 Å². The van der Waals surface area contributed by atoms with Crippen molar-refractivity contribution in [2.24, 2.45) is 5.73 Å². The van der Waals surface area contributed by atoms with Gasteiger partial charge < -0.3 is 30.7 Å². The summed E-state index contributed by atoms with van der Waals surface area (Å²) in [4.78, 5) is 54.3. The number of nitrogens with one attached hydrogen (secondary N) is 2. The van der Waals surface area contributed by atoms with Crippen molar-refractivity contribution >= 4 is 29.5 Å². The van der Waals surface area contributed by atoms with Crippen LogP contribution >= 0.6 is 0 Å². The number of benzene rings is 2. The number of rotatable bonds is 14. The summed E-state index contributed by atoms with van der Waals surface area (Å²) in [5.74, 6) is -0.892. The number of unbranched alkanes of at least 4 members (excludes halogenated alkanes) is 2. The lowest BCUT2D eigenvalue weighted by molar-refractivity contribution is -0.141. The number of carbonyl (C=O) groups excluding carboxylic acids is 4. The molecule has 2 rings (SSSR count). The molecule has 230 valence electrons. The molecule has 0 radical (unpaired) electrons. The number of ether oxygens (including phenoxy) is 2. The number of carbonyl (C=O) groups is 4.